The number of benzene rings is 1. The predicted molar refractivity (Wildman–Crippen MR) is 63.9 cm³/mol. The van der Waals surface area contributed by atoms with E-state index >= 15 is 0 Å². The second-order valence-corrected chi connectivity index (χ2v) is 4.34. The number of alkyl halides is 2. The number of halogens is 2. The van der Waals surface area contributed by atoms with Gasteiger partial charge in [-0.3, -0.25) is 0 Å². The van der Waals surface area contributed by atoms with E-state index in [4.69, 9.17) is 9.47 Å². The number of hydrogen-bond acceptors (Lipinski definition) is 3. The number of carbonyl (C=O) groups excluding carboxylic acids is 1. The van der Waals surface area contributed by atoms with E-state index in [-0.39, 0.29) is 19.8 Å². The van der Waals surface area contributed by atoms with E-state index in [1.807, 2.05) is 6.07 Å². The van der Waals surface area contributed by atoms with Gasteiger partial charge in [-0.25, -0.2) is 13.6 Å². The van der Waals surface area contributed by atoms with Crippen LogP contribution in [0.25, 0.3) is 0 Å². The molecule has 6 heteroatoms. The Morgan fingerprint density at radius 1 is 1.42 bits per heavy atom. The van der Waals surface area contributed by atoms with Crippen LogP contribution in [0.1, 0.15) is 12.0 Å². The Bertz CT molecular complexity index is 425. The first-order valence-corrected chi connectivity index (χ1v) is 6.01. The number of carbonyl (C=O) groups is 1. The zero-order chi connectivity index (χ0) is 13.7. The van der Waals surface area contributed by atoms with Gasteiger partial charge in [-0.1, -0.05) is 30.3 Å². The van der Waals surface area contributed by atoms with Gasteiger partial charge in [-0.05, 0) is 5.56 Å². The summed E-state index contributed by atoms with van der Waals surface area (Å²) in [6.45, 7) is -0.149. The van der Waals surface area contributed by atoms with Crippen LogP contribution in [0.3, 0.4) is 0 Å². The van der Waals surface area contributed by atoms with Gasteiger partial charge in [0.15, 0.2) is 0 Å². The largest absolute Gasteiger partial charge is 0.445 e. The topological polar surface area (TPSA) is 47.6 Å². The maximum Gasteiger partial charge on any atom is 0.407 e. The molecule has 1 aliphatic heterocycles. The third-order valence-corrected chi connectivity index (χ3v) is 2.88. The van der Waals surface area contributed by atoms with Crippen molar-refractivity contribution in [1.29, 1.82) is 0 Å². The Labute approximate surface area is 109 Å². The van der Waals surface area contributed by atoms with Gasteiger partial charge in [0.05, 0.1) is 13.2 Å². The molecule has 1 unspecified atom stereocenters. The summed E-state index contributed by atoms with van der Waals surface area (Å²) in [4.78, 5) is 11.5. The fraction of sp³-hybridized carbons (Fsp3) is 0.462. The van der Waals surface area contributed by atoms with Crippen LogP contribution in [0.15, 0.2) is 30.3 Å². The maximum atomic E-state index is 13.4. The standard InChI is InChI=1S/C13H15F2NO3/c14-13(15)6-7-18-9-11(13)16-12(17)19-8-10-4-2-1-3-5-10/h1-5,11H,6-9H2,(H,16,17). The Morgan fingerprint density at radius 2 is 2.16 bits per heavy atom. The number of nitrogens with one attached hydrogen (secondary N) is 1. The molecule has 2 rings (SSSR count). The molecule has 1 aromatic rings. The minimum atomic E-state index is -2.95. The lowest BCUT2D eigenvalue weighted by Crippen LogP contribution is -2.53. The van der Waals surface area contributed by atoms with Crippen molar-refractivity contribution < 1.29 is 23.0 Å². The fourth-order valence-electron chi connectivity index (χ4n) is 1.76. The minimum Gasteiger partial charge on any atom is -0.445 e. The van der Waals surface area contributed by atoms with Gasteiger partial charge in [0.2, 0.25) is 0 Å². The zero-order valence-corrected chi connectivity index (χ0v) is 10.3. The van der Waals surface area contributed by atoms with Gasteiger partial charge in [0, 0.05) is 6.42 Å². The molecule has 1 aromatic carbocycles. The second-order valence-electron chi connectivity index (χ2n) is 4.34. The van der Waals surface area contributed by atoms with E-state index in [2.05, 4.69) is 5.32 Å². The molecule has 0 radical (unpaired) electrons. The van der Waals surface area contributed by atoms with E-state index < -0.39 is 24.5 Å². The first-order chi connectivity index (χ1) is 9.08. The molecule has 0 saturated carbocycles. The number of alkyl carbamates (subject to hydrolysis) is 1. The van der Waals surface area contributed by atoms with Crippen LogP contribution >= 0.6 is 0 Å². The summed E-state index contributed by atoms with van der Waals surface area (Å²) in [6.07, 6.45) is -1.25. The summed E-state index contributed by atoms with van der Waals surface area (Å²) in [7, 11) is 0. The molecule has 1 N–H and O–H groups in total. The lowest BCUT2D eigenvalue weighted by atomic mass is 10.1. The normalized spacial score (nSPS) is 21.7. The van der Waals surface area contributed by atoms with Gasteiger partial charge in [0.1, 0.15) is 12.6 Å². The number of ether oxygens (including phenoxy) is 2. The van der Waals surface area contributed by atoms with Crippen molar-refractivity contribution in [3.8, 4) is 0 Å². The summed E-state index contributed by atoms with van der Waals surface area (Å²) in [5.41, 5.74) is 0.796. The Balaban J connectivity index is 1.81. The van der Waals surface area contributed by atoms with Crippen molar-refractivity contribution in [1.82, 2.24) is 5.32 Å². The second kappa shape index (κ2) is 5.97. The van der Waals surface area contributed by atoms with Crippen molar-refractivity contribution in [2.24, 2.45) is 0 Å². The van der Waals surface area contributed by atoms with Gasteiger partial charge < -0.3 is 14.8 Å². The van der Waals surface area contributed by atoms with Crippen LogP contribution in [0.4, 0.5) is 13.6 Å². The molecular weight excluding hydrogens is 256 g/mol. The third kappa shape index (κ3) is 3.89. The fourth-order valence-corrected chi connectivity index (χ4v) is 1.76. The highest BCUT2D eigenvalue weighted by Crippen LogP contribution is 2.27. The predicted octanol–water partition coefficient (Wildman–Crippen LogP) is 2.34. The molecule has 0 spiro atoms. The number of amides is 1. The van der Waals surface area contributed by atoms with Crippen LogP contribution < -0.4 is 5.32 Å². The Morgan fingerprint density at radius 3 is 2.84 bits per heavy atom. The molecule has 1 fully saturated rings. The molecule has 0 aromatic heterocycles. The van der Waals surface area contributed by atoms with E-state index in [0.29, 0.717) is 0 Å². The van der Waals surface area contributed by atoms with Crippen LogP contribution in [-0.4, -0.2) is 31.3 Å². The van der Waals surface area contributed by atoms with Crippen LogP contribution in [0, 0.1) is 0 Å². The Hall–Kier alpha value is -1.69. The third-order valence-electron chi connectivity index (χ3n) is 2.88. The van der Waals surface area contributed by atoms with E-state index in [0.717, 1.165) is 5.56 Å². The Kier molecular flexibility index (Phi) is 4.31. The average Bonchev–Trinajstić information content (AvgIpc) is 2.40. The highest BCUT2D eigenvalue weighted by Gasteiger charge is 2.43. The molecule has 1 atom stereocenters. The smallest absolute Gasteiger partial charge is 0.407 e. The highest BCUT2D eigenvalue weighted by molar-refractivity contribution is 5.67. The molecule has 104 valence electrons. The van der Waals surface area contributed by atoms with Gasteiger partial charge in [-0.2, -0.15) is 0 Å². The van der Waals surface area contributed by atoms with Crippen molar-refractivity contribution in [3.05, 3.63) is 35.9 Å². The van der Waals surface area contributed by atoms with Crippen LogP contribution in [-0.2, 0) is 16.1 Å². The van der Waals surface area contributed by atoms with Crippen LogP contribution in [0.2, 0.25) is 0 Å². The van der Waals surface area contributed by atoms with E-state index in [1.54, 1.807) is 24.3 Å². The molecule has 0 bridgehead atoms. The molecule has 0 aliphatic carbocycles. The average molecular weight is 271 g/mol. The monoisotopic (exact) mass is 271 g/mol. The summed E-state index contributed by atoms with van der Waals surface area (Å²) in [5, 5.41) is 2.14. The molecule has 1 saturated heterocycles. The quantitative estimate of drug-likeness (QED) is 0.918. The number of rotatable bonds is 3. The molecule has 1 heterocycles. The van der Waals surface area contributed by atoms with Gasteiger partial charge in [-0.15, -0.1) is 0 Å². The van der Waals surface area contributed by atoms with Crippen molar-refractivity contribution in [2.45, 2.75) is 25.0 Å². The van der Waals surface area contributed by atoms with E-state index in [9.17, 15) is 13.6 Å². The molecule has 19 heavy (non-hydrogen) atoms. The van der Waals surface area contributed by atoms with E-state index in [1.165, 1.54) is 0 Å². The molecule has 4 nitrogen and oxygen atoms in total. The molecule has 1 aliphatic rings. The first-order valence-electron chi connectivity index (χ1n) is 6.01. The zero-order valence-electron chi connectivity index (χ0n) is 10.3. The summed E-state index contributed by atoms with van der Waals surface area (Å²) < 4.78 is 36.7. The van der Waals surface area contributed by atoms with Crippen molar-refractivity contribution in [3.63, 3.8) is 0 Å². The molecular formula is C13H15F2NO3. The minimum absolute atomic E-state index is 0.00421. The highest BCUT2D eigenvalue weighted by atomic mass is 19.3. The lowest BCUT2D eigenvalue weighted by molar-refractivity contribution is -0.117. The number of hydrogen-bond donors (Lipinski definition) is 1. The lowest BCUT2D eigenvalue weighted by Gasteiger charge is -2.31. The van der Waals surface area contributed by atoms with Crippen LogP contribution in [0.5, 0.6) is 0 Å². The summed E-state index contributed by atoms with van der Waals surface area (Å²) in [6, 6.07) is 7.68. The molecule has 1 amide bonds. The summed E-state index contributed by atoms with van der Waals surface area (Å²) >= 11 is 0. The van der Waals surface area contributed by atoms with Crippen molar-refractivity contribution in [2.75, 3.05) is 13.2 Å². The van der Waals surface area contributed by atoms with Gasteiger partial charge >= 0.3 is 6.09 Å². The maximum absolute atomic E-state index is 13.4. The first kappa shape index (κ1) is 13.7. The summed E-state index contributed by atoms with van der Waals surface area (Å²) in [5.74, 6) is -2.95. The SMILES string of the molecule is O=C(NC1COCCC1(F)F)OCc1ccccc1. The van der Waals surface area contributed by atoms with Crippen molar-refractivity contribution >= 4 is 6.09 Å². The van der Waals surface area contributed by atoms with Gasteiger partial charge in [0.25, 0.3) is 5.92 Å².